The average molecular weight is 202 g/mol. The van der Waals surface area contributed by atoms with E-state index in [4.69, 9.17) is 5.73 Å². The molecule has 0 atom stereocenters. The van der Waals surface area contributed by atoms with Crippen molar-refractivity contribution >= 4 is 5.84 Å². The maximum absolute atomic E-state index is 5.91. The fourth-order valence-corrected chi connectivity index (χ4v) is 1.51. The molecule has 2 rings (SSSR count). The van der Waals surface area contributed by atoms with Crippen molar-refractivity contribution < 1.29 is 0 Å². The first-order valence-corrected chi connectivity index (χ1v) is 5.60. The van der Waals surface area contributed by atoms with E-state index in [1.54, 1.807) is 0 Å². The van der Waals surface area contributed by atoms with Gasteiger partial charge in [-0.25, -0.2) is 0 Å². The number of hydrogen-bond acceptors (Lipinski definition) is 1. The quantitative estimate of drug-likeness (QED) is 0.594. The summed E-state index contributed by atoms with van der Waals surface area (Å²) in [6, 6.07) is 8.90. The third-order valence-electron chi connectivity index (χ3n) is 2.74. The van der Waals surface area contributed by atoms with E-state index < -0.39 is 0 Å². The van der Waals surface area contributed by atoms with Gasteiger partial charge < -0.3 is 5.73 Å². The minimum atomic E-state index is 0.495. The van der Waals surface area contributed by atoms with Crippen molar-refractivity contribution in [2.75, 3.05) is 0 Å². The van der Waals surface area contributed by atoms with E-state index in [0.29, 0.717) is 17.8 Å². The summed E-state index contributed by atoms with van der Waals surface area (Å²) in [6.45, 7) is 4.38. The summed E-state index contributed by atoms with van der Waals surface area (Å²) in [7, 11) is 0. The maximum atomic E-state index is 5.91. The largest absolute Gasteiger partial charge is 0.383 e. The monoisotopic (exact) mass is 202 g/mol. The molecule has 0 unspecified atom stereocenters. The van der Waals surface area contributed by atoms with Crippen molar-refractivity contribution in [1.82, 2.24) is 0 Å². The van der Waals surface area contributed by atoms with Crippen LogP contribution in [0.2, 0.25) is 0 Å². The zero-order valence-corrected chi connectivity index (χ0v) is 9.40. The molecule has 1 aromatic rings. The highest BCUT2D eigenvalue weighted by Gasteiger charge is 2.20. The van der Waals surface area contributed by atoms with Crippen LogP contribution in [0.5, 0.6) is 0 Å². The average Bonchev–Trinajstić information content (AvgIpc) is 3.02. The minimum absolute atomic E-state index is 0.495. The molecule has 0 aromatic heterocycles. The third kappa shape index (κ3) is 2.58. The van der Waals surface area contributed by atoms with Gasteiger partial charge in [0, 0.05) is 5.56 Å². The molecule has 0 heterocycles. The SMILES string of the molecule is CC(C)c1ccc(C(N)=NC2CC2)cc1. The van der Waals surface area contributed by atoms with Gasteiger partial charge in [-0.05, 0) is 24.3 Å². The Balaban J connectivity index is 2.15. The van der Waals surface area contributed by atoms with Gasteiger partial charge in [-0.3, -0.25) is 4.99 Å². The number of aliphatic imine (C=N–C) groups is 1. The summed E-state index contributed by atoms with van der Waals surface area (Å²) >= 11 is 0. The molecule has 1 aliphatic carbocycles. The lowest BCUT2D eigenvalue weighted by molar-refractivity contribution is 0.866. The summed E-state index contributed by atoms with van der Waals surface area (Å²) in [5.74, 6) is 1.26. The van der Waals surface area contributed by atoms with Gasteiger partial charge in [0.15, 0.2) is 0 Å². The van der Waals surface area contributed by atoms with Crippen LogP contribution in [-0.4, -0.2) is 11.9 Å². The van der Waals surface area contributed by atoms with Gasteiger partial charge in [-0.2, -0.15) is 0 Å². The van der Waals surface area contributed by atoms with Gasteiger partial charge in [0.2, 0.25) is 0 Å². The predicted octanol–water partition coefficient (Wildman–Crippen LogP) is 2.68. The second kappa shape index (κ2) is 4.05. The standard InChI is InChI=1S/C13H18N2/c1-9(2)10-3-5-11(6-4-10)13(14)15-12-7-8-12/h3-6,9,12H,7-8H2,1-2H3,(H2,14,15). The molecule has 2 nitrogen and oxygen atoms in total. The van der Waals surface area contributed by atoms with Crippen molar-refractivity contribution in [1.29, 1.82) is 0 Å². The summed E-state index contributed by atoms with van der Waals surface area (Å²) in [4.78, 5) is 4.43. The highest BCUT2D eigenvalue weighted by atomic mass is 14.9. The third-order valence-corrected chi connectivity index (χ3v) is 2.74. The van der Waals surface area contributed by atoms with Crippen LogP contribution in [0.1, 0.15) is 43.7 Å². The Morgan fingerprint density at radius 3 is 2.33 bits per heavy atom. The molecule has 1 aromatic carbocycles. The van der Waals surface area contributed by atoms with E-state index >= 15 is 0 Å². The Labute approximate surface area is 91.2 Å². The molecule has 0 bridgehead atoms. The van der Waals surface area contributed by atoms with E-state index in [1.807, 2.05) is 0 Å². The van der Waals surface area contributed by atoms with Crippen molar-refractivity contribution in [3.05, 3.63) is 35.4 Å². The summed E-state index contributed by atoms with van der Waals surface area (Å²) in [5.41, 5.74) is 8.30. The molecule has 0 spiro atoms. The van der Waals surface area contributed by atoms with Crippen LogP contribution in [-0.2, 0) is 0 Å². The van der Waals surface area contributed by atoms with Crippen LogP contribution in [0, 0.1) is 0 Å². The van der Waals surface area contributed by atoms with Crippen molar-refractivity contribution in [2.45, 2.75) is 38.6 Å². The number of nitrogens with zero attached hydrogens (tertiary/aromatic N) is 1. The Kier molecular flexibility index (Phi) is 2.76. The highest BCUT2D eigenvalue weighted by Crippen LogP contribution is 2.24. The Bertz CT molecular complexity index is 359. The molecule has 15 heavy (non-hydrogen) atoms. The smallest absolute Gasteiger partial charge is 0.125 e. The highest BCUT2D eigenvalue weighted by molar-refractivity contribution is 5.97. The van der Waals surface area contributed by atoms with E-state index in [0.717, 1.165) is 5.56 Å². The Morgan fingerprint density at radius 2 is 1.87 bits per heavy atom. The zero-order valence-electron chi connectivity index (χ0n) is 9.40. The van der Waals surface area contributed by atoms with Gasteiger partial charge in [0.25, 0.3) is 0 Å². The lowest BCUT2D eigenvalue weighted by atomic mass is 10.0. The van der Waals surface area contributed by atoms with E-state index in [1.165, 1.54) is 18.4 Å². The molecule has 0 saturated heterocycles. The second-order valence-corrected chi connectivity index (χ2v) is 4.52. The molecular weight excluding hydrogens is 184 g/mol. The first kappa shape index (κ1) is 10.2. The molecule has 0 aliphatic heterocycles. The van der Waals surface area contributed by atoms with Gasteiger partial charge in [-0.15, -0.1) is 0 Å². The van der Waals surface area contributed by atoms with Gasteiger partial charge >= 0.3 is 0 Å². The number of amidine groups is 1. The fraction of sp³-hybridized carbons (Fsp3) is 0.462. The number of nitrogens with two attached hydrogens (primary N) is 1. The first-order valence-electron chi connectivity index (χ1n) is 5.60. The molecule has 0 amide bonds. The minimum Gasteiger partial charge on any atom is -0.383 e. The van der Waals surface area contributed by atoms with Crippen LogP contribution in [0.15, 0.2) is 29.3 Å². The summed E-state index contributed by atoms with van der Waals surface area (Å²) in [5, 5.41) is 0. The molecule has 0 radical (unpaired) electrons. The summed E-state index contributed by atoms with van der Waals surface area (Å²) < 4.78 is 0. The predicted molar refractivity (Wildman–Crippen MR) is 64.3 cm³/mol. The Morgan fingerprint density at radius 1 is 1.27 bits per heavy atom. The number of rotatable bonds is 3. The summed E-state index contributed by atoms with van der Waals surface area (Å²) in [6.07, 6.45) is 2.40. The molecule has 1 fully saturated rings. The van der Waals surface area contributed by atoms with Crippen LogP contribution >= 0.6 is 0 Å². The maximum Gasteiger partial charge on any atom is 0.125 e. The van der Waals surface area contributed by atoms with E-state index in [9.17, 15) is 0 Å². The first-order chi connectivity index (χ1) is 7.16. The number of hydrogen-bond donors (Lipinski definition) is 1. The van der Waals surface area contributed by atoms with Crippen LogP contribution in [0.4, 0.5) is 0 Å². The van der Waals surface area contributed by atoms with E-state index in [2.05, 4.69) is 43.1 Å². The van der Waals surface area contributed by atoms with Crippen molar-refractivity contribution in [2.24, 2.45) is 10.7 Å². The van der Waals surface area contributed by atoms with E-state index in [-0.39, 0.29) is 0 Å². The molecule has 1 saturated carbocycles. The van der Waals surface area contributed by atoms with Gasteiger partial charge in [0.1, 0.15) is 5.84 Å². The topological polar surface area (TPSA) is 38.4 Å². The van der Waals surface area contributed by atoms with Crippen LogP contribution in [0.25, 0.3) is 0 Å². The molecule has 80 valence electrons. The molecular formula is C13H18N2. The molecule has 2 N–H and O–H groups in total. The lowest BCUT2D eigenvalue weighted by Crippen LogP contribution is -2.14. The molecule has 2 heteroatoms. The Hall–Kier alpha value is -1.31. The zero-order chi connectivity index (χ0) is 10.8. The second-order valence-electron chi connectivity index (χ2n) is 4.52. The van der Waals surface area contributed by atoms with Crippen LogP contribution < -0.4 is 5.73 Å². The number of benzene rings is 1. The van der Waals surface area contributed by atoms with Gasteiger partial charge in [-0.1, -0.05) is 38.1 Å². The van der Waals surface area contributed by atoms with Gasteiger partial charge in [0.05, 0.1) is 6.04 Å². The molecule has 1 aliphatic rings. The lowest BCUT2D eigenvalue weighted by Gasteiger charge is -2.06. The van der Waals surface area contributed by atoms with Crippen molar-refractivity contribution in [3.8, 4) is 0 Å². The normalized spacial score (nSPS) is 17.1. The van der Waals surface area contributed by atoms with Crippen LogP contribution in [0.3, 0.4) is 0 Å². The van der Waals surface area contributed by atoms with Crippen molar-refractivity contribution in [3.63, 3.8) is 0 Å². The fourth-order valence-electron chi connectivity index (χ4n) is 1.51.